The standard InChI is InChI=1S/C25H26N2O4/c1-3-19-9-11-22(12-10-19)27-25(29)18(2)31-24(28)17-30-23-15-13-21(14-16-23)26-20-7-5-4-6-8-20/h4-16,18,26H,3,17H2,1-2H3,(H,27,29)/t18-/m1/s1. The van der Waals surface area contributed by atoms with Gasteiger partial charge in [0.25, 0.3) is 5.91 Å². The number of hydrogen-bond acceptors (Lipinski definition) is 5. The summed E-state index contributed by atoms with van der Waals surface area (Å²) < 4.78 is 10.6. The molecule has 0 bridgehead atoms. The van der Waals surface area contributed by atoms with E-state index in [-0.39, 0.29) is 6.61 Å². The van der Waals surface area contributed by atoms with E-state index < -0.39 is 18.0 Å². The number of esters is 1. The van der Waals surface area contributed by atoms with Gasteiger partial charge in [-0.25, -0.2) is 4.79 Å². The Morgan fingerprint density at radius 2 is 1.45 bits per heavy atom. The highest BCUT2D eigenvalue weighted by molar-refractivity contribution is 5.95. The van der Waals surface area contributed by atoms with Crippen LogP contribution in [0.5, 0.6) is 5.75 Å². The van der Waals surface area contributed by atoms with E-state index >= 15 is 0 Å². The average Bonchev–Trinajstić information content (AvgIpc) is 2.80. The number of ether oxygens (including phenoxy) is 2. The molecular weight excluding hydrogens is 392 g/mol. The van der Waals surface area contributed by atoms with Crippen molar-refractivity contribution in [3.05, 3.63) is 84.4 Å². The van der Waals surface area contributed by atoms with Crippen molar-refractivity contribution in [3.8, 4) is 5.75 Å². The van der Waals surface area contributed by atoms with Crippen molar-refractivity contribution >= 4 is 28.9 Å². The van der Waals surface area contributed by atoms with Crippen LogP contribution in [0.15, 0.2) is 78.9 Å². The van der Waals surface area contributed by atoms with Gasteiger partial charge in [-0.15, -0.1) is 0 Å². The van der Waals surface area contributed by atoms with Gasteiger partial charge in [-0.1, -0.05) is 37.3 Å². The molecule has 0 aliphatic carbocycles. The maximum Gasteiger partial charge on any atom is 0.344 e. The first-order chi connectivity index (χ1) is 15.0. The largest absolute Gasteiger partial charge is 0.482 e. The van der Waals surface area contributed by atoms with Gasteiger partial charge in [0, 0.05) is 17.1 Å². The van der Waals surface area contributed by atoms with E-state index in [2.05, 4.69) is 17.6 Å². The number of anilines is 3. The Balaban J connectivity index is 1.42. The highest BCUT2D eigenvalue weighted by Crippen LogP contribution is 2.20. The second kappa shape index (κ2) is 10.8. The zero-order valence-corrected chi connectivity index (χ0v) is 17.6. The van der Waals surface area contributed by atoms with Crippen LogP contribution < -0.4 is 15.4 Å². The molecule has 0 saturated carbocycles. The van der Waals surface area contributed by atoms with Crippen LogP contribution in [0, 0.1) is 0 Å². The molecule has 0 saturated heterocycles. The minimum absolute atomic E-state index is 0.283. The lowest BCUT2D eigenvalue weighted by Crippen LogP contribution is -2.31. The molecule has 3 rings (SSSR count). The van der Waals surface area contributed by atoms with Crippen LogP contribution in [0.4, 0.5) is 17.1 Å². The van der Waals surface area contributed by atoms with Crippen molar-refractivity contribution < 1.29 is 19.1 Å². The molecule has 1 atom stereocenters. The molecule has 2 N–H and O–H groups in total. The van der Waals surface area contributed by atoms with Crippen LogP contribution in [0.3, 0.4) is 0 Å². The molecule has 0 aliphatic rings. The summed E-state index contributed by atoms with van der Waals surface area (Å²) in [5.41, 5.74) is 3.72. The summed E-state index contributed by atoms with van der Waals surface area (Å²) >= 11 is 0. The van der Waals surface area contributed by atoms with Crippen molar-refractivity contribution in [1.82, 2.24) is 0 Å². The monoisotopic (exact) mass is 418 g/mol. The molecule has 0 unspecified atom stereocenters. The van der Waals surface area contributed by atoms with Crippen LogP contribution in [0.2, 0.25) is 0 Å². The molecule has 0 heterocycles. The number of para-hydroxylation sites is 1. The van der Waals surface area contributed by atoms with Crippen molar-refractivity contribution in [2.24, 2.45) is 0 Å². The SMILES string of the molecule is CCc1ccc(NC(=O)[C@@H](C)OC(=O)COc2ccc(Nc3ccccc3)cc2)cc1. The minimum Gasteiger partial charge on any atom is -0.482 e. The number of hydrogen-bond donors (Lipinski definition) is 2. The molecule has 0 aromatic heterocycles. The summed E-state index contributed by atoms with van der Waals surface area (Å²) in [4.78, 5) is 24.3. The van der Waals surface area contributed by atoms with Gasteiger partial charge in [0.05, 0.1) is 0 Å². The highest BCUT2D eigenvalue weighted by atomic mass is 16.6. The van der Waals surface area contributed by atoms with Crippen molar-refractivity contribution in [1.29, 1.82) is 0 Å². The molecule has 1 amide bonds. The summed E-state index contributed by atoms with van der Waals surface area (Å²) in [6, 6.07) is 24.6. The minimum atomic E-state index is -0.931. The third kappa shape index (κ3) is 6.89. The summed E-state index contributed by atoms with van der Waals surface area (Å²) in [5, 5.41) is 6.00. The fourth-order valence-electron chi connectivity index (χ4n) is 2.82. The highest BCUT2D eigenvalue weighted by Gasteiger charge is 2.18. The number of benzene rings is 3. The molecule has 31 heavy (non-hydrogen) atoms. The number of aryl methyl sites for hydroxylation is 1. The third-order valence-electron chi connectivity index (χ3n) is 4.58. The molecule has 0 radical (unpaired) electrons. The first kappa shape index (κ1) is 21.9. The van der Waals surface area contributed by atoms with E-state index in [1.807, 2.05) is 66.7 Å². The summed E-state index contributed by atoms with van der Waals surface area (Å²) in [5.74, 6) is -0.479. The Kier molecular flexibility index (Phi) is 7.65. The van der Waals surface area contributed by atoms with E-state index in [0.717, 1.165) is 17.8 Å². The van der Waals surface area contributed by atoms with Crippen LogP contribution in [0.1, 0.15) is 19.4 Å². The molecule has 0 fully saturated rings. The Bertz CT molecular complexity index is 986. The third-order valence-corrected chi connectivity index (χ3v) is 4.58. The number of amides is 1. The average molecular weight is 418 g/mol. The Morgan fingerprint density at radius 1 is 0.839 bits per heavy atom. The van der Waals surface area contributed by atoms with E-state index in [0.29, 0.717) is 11.4 Å². The molecule has 6 heteroatoms. The van der Waals surface area contributed by atoms with Gasteiger partial charge in [0.15, 0.2) is 12.7 Å². The molecule has 6 nitrogen and oxygen atoms in total. The fourth-order valence-corrected chi connectivity index (χ4v) is 2.82. The van der Waals surface area contributed by atoms with Crippen LogP contribution in [-0.4, -0.2) is 24.6 Å². The normalized spacial score (nSPS) is 11.3. The van der Waals surface area contributed by atoms with E-state index in [9.17, 15) is 9.59 Å². The van der Waals surface area contributed by atoms with Crippen LogP contribution in [-0.2, 0) is 20.7 Å². The zero-order valence-electron chi connectivity index (χ0n) is 17.6. The molecule has 160 valence electrons. The Hall–Kier alpha value is -3.80. The molecule has 3 aromatic carbocycles. The lowest BCUT2D eigenvalue weighted by atomic mass is 10.1. The second-order valence-corrected chi connectivity index (χ2v) is 6.98. The summed E-state index contributed by atoms with van der Waals surface area (Å²) in [6.45, 7) is 3.30. The number of nitrogens with one attached hydrogen (secondary N) is 2. The summed E-state index contributed by atoms with van der Waals surface area (Å²) in [6.07, 6.45) is -0.00600. The number of carbonyl (C=O) groups excluding carboxylic acids is 2. The van der Waals surface area contributed by atoms with Gasteiger partial charge in [-0.2, -0.15) is 0 Å². The van der Waals surface area contributed by atoms with E-state index in [1.165, 1.54) is 12.5 Å². The van der Waals surface area contributed by atoms with Crippen LogP contribution in [0.25, 0.3) is 0 Å². The maximum atomic E-state index is 12.2. The van der Waals surface area contributed by atoms with E-state index in [4.69, 9.17) is 9.47 Å². The zero-order chi connectivity index (χ0) is 22.1. The summed E-state index contributed by atoms with van der Waals surface area (Å²) in [7, 11) is 0. The second-order valence-electron chi connectivity index (χ2n) is 6.98. The van der Waals surface area contributed by atoms with Crippen LogP contribution >= 0.6 is 0 Å². The first-order valence-corrected chi connectivity index (χ1v) is 10.2. The smallest absolute Gasteiger partial charge is 0.344 e. The molecule has 3 aromatic rings. The molecule has 0 spiro atoms. The Morgan fingerprint density at radius 3 is 2.10 bits per heavy atom. The number of rotatable bonds is 9. The van der Waals surface area contributed by atoms with Gasteiger partial charge >= 0.3 is 5.97 Å². The van der Waals surface area contributed by atoms with Crippen molar-refractivity contribution in [3.63, 3.8) is 0 Å². The lowest BCUT2D eigenvalue weighted by molar-refractivity contribution is -0.155. The predicted molar refractivity (Wildman–Crippen MR) is 122 cm³/mol. The Labute approximate surface area is 182 Å². The number of carbonyl (C=O) groups is 2. The maximum absolute atomic E-state index is 12.2. The lowest BCUT2D eigenvalue weighted by Gasteiger charge is -2.14. The van der Waals surface area contributed by atoms with Gasteiger partial charge in [0.1, 0.15) is 5.75 Å². The van der Waals surface area contributed by atoms with Gasteiger partial charge in [0.2, 0.25) is 0 Å². The van der Waals surface area contributed by atoms with Gasteiger partial charge < -0.3 is 20.1 Å². The van der Waals surface area contributed by atoms with Crippen molar-refractivity contribution in [2.75, 3.05) is 17.2 Å². The molecular formula is C25H26N2O4. The topological polar surface area (TPSA) is 76.7 Å². The molecule has 0 aliphatic heterocycles. The first-order valence-electron chi connectivity index (χ1n) is 10.2. The van der Waals surface area contributed by atoms with E-state index in [1.54, 1.807) is 12.1 Å². The predicted octanol–water partition coefficient (Wildman–Crippen LogP) is 4.94. The quantitative estimate of drug-likeness (QED) is 0.481. The van der Waals surface area contributed by atoms with Gasteiger partial charge in [-0.3, -0.25) is 4.79 Å². The van der Waals surface area contributed by atoms with Crippen molar-refractivity contribution in [2.45, 2.75) is 26.4 Å². The van der Waals surface area contributed by atoms with Gasteiger partial charge in [-0.05, 0) is 67.4 Å². The fraction of sp³-hybridized carbons (Fsp3) is 0.200.